The highest BCUT2D eigenvalue weighted by Crippen LogP contribution is 2.31. The Morgan fingerprint density at radius 2 is 1.64 bits per heavy atom. The first-order chi connectivity index (χ1) is 10.3. The van der Waals surface area contributed by atoms with Crippen molar-refractivity contribution in [1.82, 2.24) is 5.32 Å². The smallest absolute Gasteiger partial charge is 0.320 e. The molecular weight excluding hydrogens is 282 g/mol. The standard InChI is InChI=1S/C17H31NO4/c1-17(2,3)22-16(20)12-18-11-14-7-5-13(6-8-14)9-10-15(19)21-4/h13-14,18H,5-12H2,1-4H3/t13-,14-. The van der Waals surface area contributed by atoms with Gasteiger partial charge in [0.25, 0.3) is 0 Å². The number of hydrogen-bond acceptors (Lipinski definition) is 5. The van der Waals surface area contributed by atoms with E-state index in [1.807, 2.05) is 20.8 Å². The maximum Gasteiger partial charge on any atom is 0.320 e. The maximum absolute atomic E-state index is 11.6. The third-order valence-corrected chi connectivity index (χ3v) is 4.07. The van der Waals surface area contributed by atoms with Gasteiger partial charge in [-0.15, -0.1) is 0 Å². The number of nitrogens with one attached hydrogen (secondary N) is 1. The average Bonchev–Trinajstić information content (AvgIpc) is 2.44. The summed E-state index contributed by atoms with van der Waals surface area (Å²) in [7, 11) is 1.44. The van der Waals surface area contributed by atoms with Crippen molar-refractivity contribution in [1.29, 1.82) is 0 Å². The van der Waals surface area contributed by atoms with Crippen LogP contribution in [0.2, 0.25) is 0 Å². The molecule has 0 radical (unpaired) electrons. The zero-order valence-corrected chi connectivity index (χ0v) is 14.4. The molecule has 0 saturated heterocycles. The van der Waals surface area contributed by atoms with Gasteiger partial charge in [0.1, 0.15) is 5.60 Å². The Morgan fingerprint density at radius 1 is 1.05 bits per heavy atom. The molecule has 22 heavy (non-hydrogen) atoms. The SMILES string of the molecule is COC(=O)CC[C@H]1CC[C@H](CNCC(=O)OC(C)(C)C)CC1. The molecule has 1 N–H and O–H groups in total. The van der Waals surface area contributed by atoms with Crippen LogP contribution in [-0.4, -0.2) is 37.7 Å². The molecule has 1 fully saturated rings. The van der Waals surface area contributed by atoms with Crippen LogP contribution in [0.1, 0.15) is 59.3 Å². The molecule has 5 nitrogen and oxygen atoms in total. The van der Waals surface area contributed by atoms with Crippen LogP contribution in [-0.2, 0) is 19.1 Å². The first-order valence-corrected chi connectivity index (χ1v) is 8.29. The summed E-state index contributed by atoms with van der Waals surface area (Å²) in [5.41, 5.74) is -0.420. The van der Waals surface area contributed by atoms with Gasteiger partial charge in [-0.3, -0.25) is 9.59 Å². The number of carbonyl (C=O) groups is 2. The summed E-state index contributed by atoms with van der Waals surface area (Å²) >= 11 is 0. The van der Waals surface area contributed by atoms with Gasteiger partial charge >= 0.3 is 11.9 Å². The predicted molar refractivity (Wildman–Crippen MR) is 85.4 cm³/mol. The van der Waals surface area contributed by atoms with E-state index in [4.69, 9.17) is 4.74 Å². The normalized spacial score (nSPS) is 22.2. The molecule has 0 spiro atoms. The van der Waals surface area contributed by atoms with Crippen LogP contribution in [0, 0.1) is 11.8 Å². The average molecular weight is 313 g/mol. The van der Waals surface area contributed by atoms with Gasteiger partial charge in [0.2, 0.25) is 0 Å². The molecule has 1 aliphatic rings. The lowest BCUT2D eigenvalue weighted by atomic mass is 9.80. The van der Waals surface area contributed by atoms with Crippen molar-refractivity contribution in [2.24, 2.45) is 11.8 Å². The zero-order valence-electron chi connectivity index (χ0n) is 14.4. The van der Waals surface area contributed by atoms with Gasteiger partial charge in [-0.25, -0.2) is 0 Å². The summed E-state index contributed by atoms with van der Waals surface area (Å²) < 4.78 is 9.94. The largest absolute Gasteiger partial charge is 0.469 e. The van der Waals surface area contributed by atoms with Gasteiger partial charge < -0.3 is 14.8 Å². The van der Waals surface area contributed by atoms with Gasteiger partial charge in [0, 0.05) is 6.42 Å². The molecule has 0 bridgehead atoms. The van der Waals surface area contributed by atoms with Crippen molar-refractivity contribution in [3.8, 4) is 0 Å². The fourth-order valence-electron chi connectivity index (χ4n) is 2.90. The van der Waals surface area contributed by atoms with Gasteiger partial charge in [-0.1, -0.05) is 12.8 Å². The quantitative estimate of drug-likeness (QED) is 0.732. The molecule has 1 rings (SSSR count). The van der Waals surface area contributed by atoms with E-state index in [0.29, 0.717) is 18.3 Å². The van der Waals surface area contributed by atoms with E-state index < -0.39 is 5.60 Å². The van der Waals surface area contributed by atoms with Crippen LogP contribution in [0.25, 0.3) is 0 Å². The highest BCUT2D eigenvalue weighted by atomic mass is 16.6. The Kier molecular flexibility index (Phi) is 7.87. The second-order valence-corrected chi connectivity index (χ2v) is 7.22. The molecule has 0 heterocycles. The molecule has 0 amide bonds. The van der Waals surface area contributed by atoms with E-state index in [9.17, 15) is 9.59 Å². The maximum atomic E-state index is 11.6. The second-order valence-electron chi connectivity index (χ2n) is 7.22. The van der Waals surface area contributed by atoms with Crippen molar-refractivity contribution >= 4 is 11.9 Å². The molecule has 1 saturated carbocycles. The van der Waals surface area contributed by atoms with Crippen molar-refractivity contribution in [2.75, 3.05) is 20.2 Å². The van der Waals surface area contributed by atoms with Crippen molar-refractivity contribution < 1.29 is 19.1 Å². The van der Waals surface area contributed by atoms with Crippen LogP contribution in [0.5, 0.6) is 0 Å². The van der Waals surface area contributed by atoms with Crippen LogP contribution in [0.3, 0.4) is 0 Å². The van der Waals surface area contributed by atoms with E-state index in [2.05, 4.69) is 10.1 Å². The Bertz CT molecular complexity index is 354. The number of methoxy groups -OCH3 is 1. The molecule has 128 valence electrons. The summed E-state index contributed by atoms with van der Waals surface area (Å²) in [5.74, 6) is 0.957. The molecule has 0 aliphatic heterocycles. The first kappa shape index (κ1) is 18.9. The molecule has 5 heteroatoms. The molecule has 1 aliphatic carbocycles. The lowest BCUT2D eigenvalue weighted by Crippen LogP contribution is -2.34. The molecule has 0 aromatic heterocycles. The topological polar surface area (TPSA) is 64.6 Å². The van der Waals surface area contributed by atoms with Gasteiger partial charge in [-0.05, 0) is 58.4 Å². The van der Waals surface area contributed by atoms with Crippen molar-refractivity contribution in [3.05, 3.63) is 0 Å². The number of ether oxygens (including phenoxy) is 2. The Balaban J connectivity index is 2.10. The zero-order chi connectivity index (χ0) is 16.6. The molecule has 0 atom stereocenters. The lowest BCUT2D eigenvalue weighted by Gasteiger charge is -2.28. The first-order valence-electron chi connectivity index (χ1n) is 8.29. The van der Waals surface area contributed by atoms with Crippen molar-refractivity contribution in [2.45, 2.75) is 64.9 Å². The molecule has 0 aromatic rings. The van der Waals surface area contributed by atoms with Crippen LogP contribution < -0.4 is 5.32 Å². The van der Waals surface area contributed by atoms with E-state index in [1.54, 1.807) is 0 Å². The van der Waals surface area contributed by atoms with E-state index >= 15 is 0 Å². The van der Waals surface area contributed by atoms with E-state index in [-0.39, 0.29) is 18.5 Å². The van der Waals surface area contributed by atoms with Gasteiger partial charge in [0.05, 0.1) is 13.7 Å². The fourth-order valence-corrected chi connectivity index (χ4v) is 2.90. The third kappa shape index (κ3) is 8.37. The summed E-state index contributed by atoms with van der Waals surface area (Å²) in [4.78, 5) is 22.7. The summed E-state index contributed by atoms with van der Waals surface area (Å²) in [6, 6.07) is 0. The van der Waals surface area contributed by atoms with Gasteiger partial charge in [0.15, 0.2) is 0 Å². The molecular formula is C17H31NO4. The van der Waals surface area contributed by atoms with E-state index in [0.717, 1.165) is 38.6 Å². The molecule has 0 aromatic carbocycles. The minimum absolute atomic E-state index is 0.110. The van der Waals surface area contributed by atoms with Crippen molar-refractivity contribution in [3.63, 3.8) is 0 Å². The molecule has 0 unspecified atom stereocenters. The highest BCUT2D eigenvalue weighted by molar-refractivity contribution is 5.72. The third-order valence-electron chi connectivity index (χ3n) is 4.07. The minimum atomic E-state index is -0.420. The second kappa shape index (κ2) is 9.13. The van der Waals surface area contributed by atoms with Crippen LogP contribution in [0.15, 0.2) is 0 Å². The van der Waals surface area contributed by atoms with Crippen LogP contribution >= 0.6 is 0 Å². The van der Waals surface area contributed by atoms with E-state index in [1.165, 1.54) is 7.11 Å². The Morgan fingerprint density at radius 3 is 2.18 bits per heavy atom. The fraction of sp³-hybridized carbons (Fsp3) is 0.882. The summed E-state index contributed by atoms with van der Waals surface area (Å²) in [6.45, 7) is 6.77. The number of rotatable bonds is 7. The number of carbonyl (C=O) groups excluding carboxylic acids is 2. The lowest BCUT2D eigenvalue weighted by molar-refractivity contribution is -0.153. The number of esters is 2. The van der Waals surface area contributed by atoms with Crippen LogP contribution in [0.4, 0.5) is 0 Å². The monoisotopic (exact) mass is 313 g/mol. The van der Waals surface area contributed by atoms with Gasteiger partial charge in [-0.2, -0.15) is 0 Å². The number of hydrogen-bond donors (Lipinski definition) is 1. The predicted octanol–water partition coefficient (Wildman–Crippen LogP) is 2.68. The Hall–Kier alpha value is -1.10. The Labute approximate surface area is 134 Å². The summed E-state index contributed by atoms with van der Waals surface area (Å²) in [5, 5.41) is 3.20. The summed E-state index contributed by atoms with van der Waals surface area (Å²) in [6.07, 6.45) is 6.11. The highest BCUT2D eigenvalue weighted by Gasteiger charge is 2.22. The minimum Gasteiger partial charge on any atom is -0.469 e.